The molecule has 6 nitrogen and oxygen atoms in total. The van der Waals surface area contributed by atoms with E-state index in [1.165, 1.54) is 10.7 Å². The number of anilines is 1. The number of methoxy groups -OCH3 is 1. The second-order valence-electron chi connectivity index (χ2n) is 6.97. The summed E-state index contributed by atoms with van der Waals surface area (Å²) < 4.78 is 21.1. The molecule has 1 fully saturated rings. The second kappa shape index (κ2) is 7.95. The van der Waals surface area contributed by atoms with Crippen LogP contribution >= 0.6 is 0 Å². The predicted octanol–water partition coefficient (Wildman–Crippen LogP) is 3.20. The number of rotatable bonds is 4. The molecule has 0 spiro atoms. The van der Waals surface area contributed by atoms with Gasteiger partial charge in [-0.25, -0.2) is 4.39 Å². The van der Waals surface area contributed by atoms with E-state index in [4.69, 9.17) is 4.74 Å². The van der Waals surface area contributed by atoms with Crippen LogP contribution in [0.1, 0.15) is 10.5 Å². The average molecular weight is 394 g/mol. The quantitative estimate of drug-likeness (QED) is 0.682. The summed E-state index contributed by atoms with van der Waals surface area (Å²) in [5, 5.41) is 4.35. The van der Waals surface area contributed by atoms with Gasteiger partial charge >= 0.3 is 0 Å². The van der Waals surface area contributed by atoms with Gasteiger partial charge in [0.2, 0.25) is 0 Å². The maximum atomic E-state index is 14.1. The van der Waals surface area contributed by atoms with Crippen molar-refractivity contribution >= 4 is 11.6 Å². The highest BCUT2D eigenvalue weighted by Gasteiger charge is 2.26. The Hall–Kier alpha value is -3.35. The minimum Gasteiger partial charge on any atom is -0.495 e. The minimum atomic E-state index is -0.352. The van der Waals surface area contributed by atoms with E-state index in [0.717, 1.165) is 11.4 Å². The third-order valence-electron chi connectivity index (χ3n) is 5.24. The van der Waals surface area contributed by atoms with Crippen molar-refractivity contribution in [3.05, 3.63) is 66.1 Å². The lowest BCUT2D eigenvalue weighted by atomic mass is 10.1. The van der Waals surface area contributed by atoms with Crippen LogP contribution in [0.4, 0.5) is 10.1 Å². The van der Waals surface area contributed by atoms with Crippen LogP contribution in [0.2, 0.25) is 0 Å². The van der Waals surface area contributed by atoms with Gasteiger partial charge in [0.05, 0.1) is 18.5 Å². The van der Waals surface area contributed by atoms with Gasteiger partial charge in [0.25, 0.3) is 5.91 Å². The number of amides is 1. The first-order chi connectivity index (χ1) is 14.1. The van der Waals surface area contributed by atoms with Gasteiger partial charge in [-0.05, 0) is 30.3 Å². The summed E-state index contributed by atoms with van der Waals surface area (Å²) >= 11 is 0. The number of ether oxygens (including phenoxy) is 1. The molecule has 7 heteroatoms. The number of carbonyl (C=O) groups is 1. The molecule has 1 aromatic heterocycles. The Balaban J connectivity index is 1.49. The van der Waals surface area contributed by atoms with Gasteiger partial charge in [-0.2, -0.15) is 5.10 Å². The Bertz CT molecular complexity index is 1030. The van der Waals surface area contributed by atoms with Crippen LogP contribution in [0.5, 0.6) is 5.75 Å². The number of carbonyl (C=O) groups excluding carboxylic acids is 1. The van der Waals surface area contributed by atoms with Gasteiger partial charge in [-0.1, -0.05) is 24.3 Å². The number of aryl methyl sites for hydroxylation is 1. The van der Waals surface area contributed by atoms with Crippen LogP contribution in [-0.2, 0) is 7.05 Å². The number of para-hydroxylation sites is 2. The molecule has 0 bridgehead atoms. The molecule has 1 amide bonds. The molecule has 3 aromatic rings. The molecule has 150 valence electrons. The standard InChI is InChI=1S/C22H23FN4O2/c1-25-20(15-18(24-25)16-7-3-4-8-17(16)23)22(28)27-13-11-26(12-14-27)19-9-5-6-10-21(19)29-2/h3-10,15H,11-14H2,1-2H3. The van der Waals surface area contributed by atoms with E-state index in [-0.39, 0.29) is 11.7 Å². The average Bonchev–Trinajstić information content (AvgIpc) is 3.15. The summed E-state index contributed by atoms with van der Waals surface area (Å²) in [4.78, 5) is 17.1. The first-order valence-electron chi connectivity index (χ1n) is 9.54. The van der Waals surface area contributed by atoms with Crippen molar-refractivity contribution < 1.29 is 13.9 Å². The van der Waals surface area contributed by atoms with Crippen LogP contribution in [0.25, 0.3) is 11.3 Å². The summed E-state index contributed by atoms with van der Waals surface area (Å²) in [5.41, 5.74) is 2.34. The van der Waals surface area contributed by atoms with Crippen molar-refractivity contribution in [1.82, 2.24) is 14.7 Å². The first-order valence-corrected chi connectivity index (χ1v) is 9.54. The molecule has 0 aliphatic carbocycles. The highest BCUT2D eigenvalue weighted by atomic mass is 19.1. The largest absolute Gasteiger partial charge is 0.495 e. The number of hydrogen-bond donors (Lipinski definition) is 0. The van der Waals surface area contributed by atoms with E-state index < -0.39 is 0 Å². The third kappa shape index (κ3) is 3.68. The summed E-state index contributed by atoms with van der Waals surface area (Å²) in [5.74, 6) is 0.380. The molecule has 2 heterocycles. The fraction of sp³-hybridized carbons (Fsp3) is 0.273. The molecule has 0 atom stereocenters. The van der Waals surface area contributed by atoms with E-state index in [2.05, 4.69) is 10.00 Å². The topological polar surface area (TPSA) is 50.6 Å². The van der Waals surface area contributed by atoms with E-state index in [9.17, 15) is 9.18 Å². The van der Waals surface area contributed by atoms with Crippen LogP contribution in [-0.4, -0.2) is 53.9 Å². The highest BCUT2D eigenvalue weighted by molar-refractivity contribution is 5.94. The normalized spacial score (nSPS) is 14.2. The Labute approximate surface area is 169 Å². The fourth-order valence-corrected chi connectivity index (χ4v) is 3.67. The lowest BCUT2D eigenvalue weighted by Gasteiger charge is -2.36. The van der Waals surface area contributed by atoms with Crippen molar-refractivity contribution in [2.45, 2.75) is 0 Å². The molecular weight excluding hydrogens is 371 g/mol. The van der Waals surface area contributed by atoms with E-state index in [0.29, 0.717) is 43.1 Å². The third-order valence-corrected chi connectivity index (χ3v) is 5.24. The van der Waals surface area contributed by atoms with Gasteiger partial charge in [-0.15, -0.1) is 0 Å². The monoisotopic (exact) mass is 394 g/mol. The number of benzene rings is 2. The number of aromatic nitrogens is 2. The highest BCUT2D eigenvalue weighted by Crippen LogP contribution is 2.29. The SMILES string of the molecule is COc1ccccc1N1CCN(C(=O)c2cc(-c3ccccc3F)nn2C)CC1. The molecule has 1 aliphatic rings. The smallest absolute Gasteiger partial charge is 0.272 e. The lowest BCUT2D eigenvalue weighted by Crippen LogP contribution is -2.49. The van der Waals surface area contributed by atoms with Crippen molar-refractivity contribution in [3.63, 3.8) is 0 Å². The zero-order valence-electron chi connectivity index (χ0n) is 16.5. The predicted molar refractivity (Wildman–Crippen MR) is 110 cm³/mol. The van der Waals surface area contributed by atoms with Crippen LogP contribution in [0.15, 0.2) is 54.6 Å². The van der Waals surface area contributed by atoms with Crippen molar-refractivity contribution in [2.75, 3.05) is 38.2 Å². The molecule has 29 heavy (non-hydrogen) atoms. The van der Waals surface area contributed by atoms with Crippen molar-refractivity contribution in [3.8, 4) is 17.0 Å². The van der Waals surface area contributed by atoms with Gasteiger partial charge in [0, 0.05) is 38.8 Å². The Kier molecular flexibility index (Phi) is 5.20. The first kappa shape index (κ1) is 19.0. The van der Waals surface area contributed by atoms with Crippen molar-refractivity contribution in [1.29, 1.82) is 0 Å². The summed E-state index contributed by atoms with van der Waals surface area (Å²) in [6, 6.07) is 16.0. The lowest BCUT2D eigenvalue weighted by molar-refractivity contribution is 0.0735. The molecule has 4 rings (SSSR count). The van der Waals surface area contributed by atoms with Gasteiger partial charge in [-0.3, -0.25) is 9.48 Å². The van der Waals surface area contributed by atoms with Crippen LogP contribution < -0.4 is 9.64 Å². The molecule has 0 unspecified atom stereocenters. The summed E-state index contributed by atoms with van der Waals surface area (Å²) in [7, 11) is 3.37. The summed E-state index contributed by atoms with van der Waals surface area (Å²) in [6.45, 7) is 2.61. The van der Waals surface area contributed by atoms with Crippen molar-refractivity contribution in [2.24, 2.45) is 7.05 Å². The number of nitrogens with zero attached hydrogens (tertiary/aromatic N) is 4. The van der Waals surface area contributed by atoms with E-state index >= 15 is 0 Å². The number of hydrogen-bond acceptors (Lipinski definition) is 4. The summed E-state index contributed by atoms with van der Waals surface area (Å²) in [6.07, 6.45) is 0. The maximum Gasteiger partial charge on any atom is 0.272 e. The van der Waals surface area contributed by atoms with Gasteiger partial charge < -0.3 is 14.5 Å². The Morgan fingerprint density at radius 1 is 1.03 bits per heavy atom. The number of piperazine rings is 1. The molecule has 0 radical (unpaired) electrons. The fourth-order valence-electron chi connectivity index (χ4n) is 3.67. The van der Waals surface area contributed by atoms with E-state index in [1.807, 2.05) is 29.2 Å². The Morgan fingerprint density at radius 3 is 2.45 bits per heavy atom. The minimum absolute atomic E-state index is 0.0951. The number of halogens is 1. The Morgan fingerprint density at radius 2 is 1.72 bits per heavy atom. The van der Waals surface area contributed by atoms with Crippen LogP contribution in [0, 0.1) is 5.82 Å². The maximum absolute atomic E-state index is 14.1. The molecule has 1 aliphatic heterocycles. The zero-order valence-corrected chi connectivity index (χ0v) is 16.5. The van der Waals surface area contributed by atoms with Gasteiger partial charge in [0.1, 0.15) is 17.3 Å². The molecule has 1 saturated heterocycles. The molecular formula is C22H23FN4O2. The second-order valence-corrected chi connectivity index (χ2v) is 6.97. The van der Waals surface area contributed by atoms with Crippen LogP contribution in [0.3, 0.4) is 0 Å². The zero-order chi connectivity index (χ0) is 20.4. The molecule has 0 N–H and O–H groups in total. The molecule has 2 aromatic carbocycles. The molecule has 0 saturated carbocycles. The van der Waals surface area contributed by atoms with Gasteiger partial charge in [0.15, 0.2) is 0 Å². The van der Waals surface area contributed by atoms with E-state index in [1.54, 1.807) is 38.4 Å².